The first kappa shape index (κ1) is 28.4. The fourth-order valence-electron chi connectivity index (χ4n) is 4.67. The predicted octanol–water partition coefficient (Wildman–Crippen LogP) is 6.33. The summed E-state index contributed by atoms with van der Waals surface area (Å²) in [6.45, 7) is 7.74. The van der Waals surface area contributed by atoms with Crippen molar-refractivity contribution in [2.24, 2.45) is 0 Å². The number of ether oxygens (including phenoxy) is 1. The van der Waals surface area contributed by atoms with Crippen molar-refractivity contribution in [1.29, 1.82) is 0 Å². The zero-order valence-electron chi connectivity index (χ0n) is 22.0. The van der Waals surface area contributed by atoms with Crippen LogP contribution in [0.15, 0.2) is 24.4 Å². The molecule has 3 heterocycles. The monoisotopic (exact) mass is 564 g/mol. The number of anilines is 1. The lowest BCUT2D eigenvalue weighted by molar-refractivity contribution is 0.00929. The van der Waals surface area contributed by atoms with Gasteiger partial charge in [0.2, 0.25) is 0 Å². The highest BCUT2D eigenvalue weighted by molar-refractivity contribution is 6.31. The molecular formula is C27H35Cl2FN6O2. The van der Waals surface area contributed by atoms with E-state index in [0.29, 0.717) is 49.6 Å². The van der Waals surface area contributed by atoms with Crippen LogP contribution >= 0.6 is 23.2 Å². The number of carbonyl (C=O) groups excluding carboxylic acids is 1. The summed E-state index contributed by atoms with van der Waals surface area (Å²) in [4.78, 5) is 18.6. The van der Waals surface area contributed by atoms with Crippen LogP contribution < -0.4 is 10.6 Å². The van der Waals surface area contributed by atoms with E-state index >= 15 is 4.39 Å². The molecule has 0 bridgehead atoms. The first-order valence-electron chi connectivity index (χ1n) is 13.0. The van der Waals surface area contributed by atoms with Crippen molar-refractivity contribution in [3.63, 3.8) is 0 Å². The first-order valence-corrected chi connectivity index (χ1v) is 13.8. The summed E-state index contributed by atoms with van der Waals surface area (Å²) in [5.41, 5.74) is 1.61. The number of piperidine rings is 1. The molecule has 3 N–H and O–H groups in total. The highest BCUT2D eigenvalue weighted by Gasteiger charge is 2.30. The Morgan fingerprint density at radius 1 is 1.26 bits per heavy atom. The molecule has 206 valence electrons. The Labute approximate surface area is 232 Å². The molecule has 0 spiro atoms. The zero-order chi connectivity index (χ0) is 27.3. The fraction of sp³-hybridized carbons (Fsp3) is 0.519. The van der Waals surface area contributed by atoms with E-state index in [1.807, 2.05) is 39.0 Å². The van der Waals surface area contributed by atoms with Gasteiger partial charge in [-0.05, 0) is 77.6 Å². The summed E-state index contributed by atoms with van der Waals surface area (Å²) in [5.74, 6) is -0.291. The molecule has 1 fully saturated rings. The van der Waals surface area contributed by atoms with Gasteiger partial charge in [-0.25, -0.2) is 14.2 Å². The summed E-state index contributed by atoms with van der Waals surface area (Å²) in [7, 11) is 0. The van der Waals surface area contributed by atoms with Crippen molar-refractivity contribution in [1.82, 2.24) is 25.4 Å². The Bertz CT molecular complexity index is 1260. The van der Waals surface area contributed by atoms with Gasteiger partial charge in [-0.2, -0.15) is 5.10 Å². The Balaban J connectivity index is 1.30. The summed E-state index contributed by atoms with van der Waals surface area (Å²) in [6.07, 6.45) is 5.14. The Kier molecular flexibility index (Phi) is 9.33. The van der Waals surface area contributed by atoms with Crippen LogP contribution in [0.5, 0.6) is 0 Å². The van der Waals surface area contributed by atoms with E-state index in [4.69, 9.17) is 27.9 Å². The number of pyridine rings is 1. The maximum atomic E-state index is 15.3. The molecule has 0 saturated carbocycles. The summed E-state index contributed by atoms with van der Waals surface area (Å²) >= 11 is 12.4. The van der Waals surface area contributed by atoms with Gasteiger partial charge in [0.1, 0.15) is 5.60 Å². The number of aromatic nitrogens is 3. The number of hydrogen-bond acceptors (Lipinski definition) is 6. The van der Waals surface area contributed by atoms with E-state index in [-0.39, 0.29) is 23.0 Å². The van der Waals surface area contributed by atoms with Crippen LogP contribution in [0.3, 0.4) is 0 Å². The number of fused-ring (bicyclic) bond motifs is 1. The Morgan fingerprint density at radius 3 is 2.87 bits per heavy atom. The van der Waals surface area contributed by atoms with Gasteiger partial charge in [0, 0.05) is 47.8 Å². The van der Waals surface area contributed by atoms with E-state index < -0.39 is 11.4 Å². The number of H-pyrrole nitrogens is 1. The number of amides is 1. The van der Waals surface area contributed by atoms with Crippen LogP contribution in [0, 0.1) is 5.82 Å². The van der Waals surface area contributed by atoms with Crippen molar-refractivity contribution in [2.45, 2.75) is 71.1 Å². The van der Waals surface area contributed by atoms with E-state index in [1.165, 1.54) is 6.20 Å². The maximum absolute atomic E-state index is 15.3. The van der Waals surface area contributed by atoms with Gasteiger partial charge in [-0.15, -0.1) is 0 Å². The lowest BCUT2D eigenvalue weighted by atomic mass is 10.00. The first-order chi connectivity index (χ1) is 18.1. The molecule has 1 amide bonds. The molecule has 8 nitrogen and oxygen atoms in total. The molecule has 1 aliphatic rings. The standard InChI is InChI=1S/C27H35Cl2FN6O2/c1-27(2,3)38-26(37)36-13-5-4-6-18(36)9-12-32-25-24(30)19(21(29)15-33-25)10-11-31-16-23-20-14-17(28)7-8-22(20)34-35-23/h7-8,14-15,18,31H,4-6,9-13,16H2,1-3H3,(H,32,33)(H,34,35). The number of likely N-dealkylation sites (tertiary alicyclic amines) is 1. The second-order valence-corrected chi connectivity index (χ2v) is 11.4. The molecule has 2 aromatic heterocycles. The third kappa shape index (κ3) is 7.27. The van der Waals surface area contributed by atoms with Crippen LogP contribution in [0.1, 0.15) is 57.7 Å². The highest BCUT2D eigenvalue weighted by Crippen LogP contribution is 2.26. The number of aromatic amines is 1. The molecule has 0 aliphatic carbocycles. The second kappa shape index (κ2) is 12.5. The van der Waals surface area contributed by atoms with Gasteiger partial charge in [0.25, 0.3) is 0 Å². The van der Waals surface area contributed by atoms with E-state index in [1.54, 1.807) is 4.90 Å². The molecule has 1 unspecified atom stereocenters. The van der Waals surface area contributed by atoms with Gasteiger partial charge in [-0.3, -0.25) is 5.10 Å². The molecule has 1 aliphatic heterocycles. The molecule has 4 rings (SSSR count). The average Bonchev–Trinajstić information content (AvgIpc) is 3.26. The fourth-order valence-corrected chi connectivity index (χ4v) is 5.07. The topological polar surface area (TPSA) is 95.2 Å². The van der Waals surface area contributed by atoms with Gasteiger partial charge >= 0.3 is 6.09 Å². The van der Waals surface area contributed by atoms with Crippen LogP contribution in [0.2, 0.25) is 10.0 Å². The molecule has 11 heteroatoms. The third-order valence-corrected chi connectivity index (χ3v) is 7.10. The van der Waals surface area contributed by atoms with E-state index in [2.05, 4.69) is 25.8 Å². The highest BCUT2D eigenvalue weighted by atomic mass is 35.5. The normalized spacial score (nSPS) is 16.2. The lowest BCUT2D eigenvalue weighted by Crippen LogP contribution is -2.46. The zero-order valence-corrected chi connectivity index (χ0v) is 23.6. The van der Waals surface area contributed by atoms with E-state index in [9.17, 15) is 4.79 Å². The molecular weight excluding hydrogens is 530 g/mol. The van der Waals surface area contributed by atoms with Gasteiger partial charge < -0.3 is 20.3 Å². The number of benzene rings is 1. The van der Waals surface area contributed by atoms with Gasteiger partial charge in [0.05, 0.1) is 16.2 Å². The predicted molar refractivity (Wildman–Crippen MR) is 149 cm³/mol. The van der Waals surface area contributed by atoms with Crippen LogP contribution in [0.25, 0.3) is 10.9 Å². The number of carbonyl (C=O) groups is 1. The van der Waals surface area contributed by atoms with Crippen LogP contribution in [-0.4, -0.2) is 57.5 Å². The summed E-state index contributed by atoms with van der Waals surface area (Å²) in [6, 6.07) is 5.61. The SMILES string of the molecule is CC(C)(C)OC(=O)N1CCCCC1CCNc1ncc(Cl)c(CCNCc2n[nH]c3ccc(Cl)cc23)c1F. The van der Waals surface area contributed by atoms with E-state index in [0.717, 1.165) is 35.9 Å². The summed E-state index contributed by atoms with van der Waals surface area (Å²) in [5, 5.41) is 15.6. The molecule has 3 aromatic rings. The third-order valence-electron chi connectivity index (χ3n) is 6.54. The molecule has 1 saturated heterocycles. The van der Waals surface area contributed by atoms with Crippen molar-refractivity contribution >= 4 is 46.0 Å². The molecule has 0 radical (unpaired) electrons. The minimum Gasteiger partial charge on any atom is -0.444 e. The number of nitrogens with zero attached hydrogens (tertiary/aromatic N) is 3. The molecule has 1 atom stereocenters. The van der Waals surface area contributed by atoms with Crippen molar-refractivity contribution in [2.75, 3.05) is 25.0 Å². The minimum absolute atomic E-state index is 0.0399. The van der Waals surface area contributed by atoms with Gasteiger partial charge in [-0.1, -0.05) is 23.2 Å². The summed E-state index contributed by atoms with van der Waals surface area (Å²) < 4.78 is 20.9. The smallest absolute Gasteiger partial charge is 0.410 e. The van der Waals surface area contributed by atoms with Crippen molar-refractivity contribution in [3.05, 3.63) is 51.5 Å². The van der Waals surface area contributed by atoms with Crippen molar-refractivity contribution in [3.8, 4) is 0 Å². The Hall–Kier alpha value is -2.62. The van der Waals surface area contributed by atoms with Crippen LogP contribution in [-0.2, 0) is 17.7 Å². The quantitative estimate of drug-likeness (QED) is 0.263. The number of nitrogens with one attached hydrogen (secondary N) is 3. The maximum Gasteiger partial charge on any atom is 0.410 e. The Morgan fingerprint density at radius 2 is 2.08 bits per heavy atom. The minimum atomic E-state index is -0.543. The number of hydrogen-bond donors (Lipinski definition) is 3. The molecule has 38 heavy (non-hydrogen) atoms. The largest absolute Gasteiger partial charge is 0.444 e. The number of rotatable bonds is 9. The lowest BCUT2D eigenvalue weighted by Gasteiger charge is -2.36. The number of halogens is 3. The average molecular weight is 566 g/mol. The van der Waals surface area contributed by atoms with Crippen LogP contribution in [0.4, 0.5) is 15.0 Å². The molecule has 1 aromatic carbocycles. The van der Waals surface area contributed by atoms with Gasteiger partial charge in [0.15, 0.2) is 11.6 Å². The second-order valence-electron chi connectivity index (χ2n) is 10.6. The van der Waals surface area contributed by atoms with Crippen molar-refractivity contribution < 1.29 is 13.9 Å².